The second-order valence-corrected chi connectivity index (χ2v) is 14.3. The molecule has 0 aliphatic heterocycles. The van der Waals surface area contributed by atoms with Crippen LogP contribution in [0.25, 0.3) is 0 Å². The van der Waals surface area contributed by atoms with Gasteiger partial charge < -0.3 is 25.7 Å². The van der Waals surface area contributed by atoms with Crippen molar-refractivity contribution in [3.63, 3.8) is 0 Å². The predicted molar refractivity (Wildman–Crippen MR) is 205 cm³/mol. The first kappa shape index (κ1) is 46.8. The Balaban J connectivity index is 3.83. The molecule has 0 fully saturated rings. The van der Waals surface area contributed by atoms with E-state index in [0.717, 1.165) is 51.4 Å². The number of unbranched alkanes of at least 4 members (excludes halogenated alkanes) is 24. The number of aliphatic hydroxyl groups excluding tert-OH is 4. The Morgan fingerprint density at radius 3 is 1.25 bits per heavy atom. The Kier molecular flexibility index (Phi) is 36.1. The zero-order valence-electron chi connectivity index (χ0n) is 31.7. The van der Waals surface area contributed by atoms with Gasteiger partial charge in [-0.25, -0.2) is 0 Å². The maximum atomic E-state index is 12.5. The van der Waals surface area contributed by atoms with Crippen molar-refractivity contribution >= 4 is 5.91 Å². The smallest absolute Gasteiger partial charge is 0.249 e. The van der Waals surface area contributed by atoms with Gasteiger partial charge in [-0.15, -0.1) is 0 Å². The van der Waals surface area contributed by atoms with E-state index in [2.05, 4.69) is 43.5 Å². The molecule has 4 atom stereocenters. The molecule has 5 N–H and O–H groups in total. The van der Waals surface area contributed by atoms with Crippen LogP contribution in [0.2, 0.25) is 0 Å². The number of carbonyl (C=O) groups is 1. The highest BCUT2D eigenvalue weighted by Gasteiger charge is 2.28. The highest BCUT2D eigenvalue weighted by molar-refractivity contribution is 5.80. The molecule has 0 rings (SSSR count). The number of amides is 1. The van der Waals surface area contributed by atoms with E-state index < -0.39 is 36.9 Å². The van der Waals surface area contributed by atoms with Crippen molar-refractivity contribution in [2.45, 2.75) is 231 Å². The van der Waals surface area contributed by atoms with Crippen molar-refractivity contribution in [1.29, 1.82) is 0 Å². The van der Waals surface area contributed by atoms with Crippen LogP contribution < -0.4 is 5.32 Å². The van der Waals surface area contributed by atoms with Crippen molar-refractivity contribution in [2.24, 2.45) is 0 Å². The molecule has 0 saturated carbocycles. The van der Waals surface area contributed by atoms with Crippen LogP contribution in [0.4, 0.5) is 0 Å². The minimum atomic E-state index is -1.28. The van der Waals surface area contributed by atoms with E-state index in [4.69, 9.17) is 0 Å². The summed E-state index contributed by atoms with van der Waals surface area (Å²) in [6.07, 6.45) is 40.6. The molecule has 0 aliphatic carbocycles. The minimum absolute atomic E-state index is 0.350. The molecule has 4 unspecified atom stereocenters. The van der Waals surface area contributed by atoms with E-state index >= 15 is 0 Å². The summed E-state index contributed by atoms with van der Waals surface area (Å²) >= 11 is 0. The van der Waals surface area contributed by atoms with Crippen LogP contribution in [0, 0.1) is 0 Å². The van der Waals surface area contributed by atoms with Crippen LogP contribution in [-0.4, -0.2) is 57.3 Å². The van der Waals surface area contributed by atoms with Crippen molar-refractivity contribution in [2.75, 3.05) is 6.61 Å². The summed E-state index contributed by atoms with van der Waals surface area (Å²) in [6, 6.07) is -1.00. The van der Waals surface area contributed by atoms with Gasteiger partial charge in [0.1, 0.15) is 12.2 Å². The fraction of sp³-hybridized carbons (Fsp3) is 0.881. The van der Waals surface area contributed by atoms with Crippen LogP contribution in [-0.2, 0) is 4.79 Å². The molecular weight excluding hydrogens is 598 g/mol. The lowest BCUT2D eigenvalue weighted by molar-refractivity contribution is -0.132. The third-order valence-corrected chi connectivity index (χ3v) is 9.63. The molecule has 0 aromatic heterocycles. The van der Waals surface area contributed by atoms with Crippen LogP contribution in [0.5, 0.6) is 0 Å². The van der Waals surface area contributed by atoms with E-state index in [-0.39, 0.29) is 0 Å². The fourth-order valence-corrected chi connectivity index (χ4v) is 6.28. The highest BCUT2D eigenvalue weighted by atomic mass is 16.3. The first-order valence-corrected chi connectivity index (χ1v) is 20.7. The Morgan fingerprint density at radius 2 is 0.854 bits per heavy atom. The normalized spacial score (nSPS) is 14.5. The molecule has 48 heavy (non-hydrogen) atoms. The van der Waals surface area contributed by atoms with E-state index in [1.54, 1.807) is 0 Å². The fourth-order valence-electron chi connectivity index (χ4n) is 6.28. The zero-order chi connectivity index (χ0) is 35.3. The molecule has 1 amide bonds. The molecule has 0 aromatic carbocycles. The van der Waals surface area contributed by atoms with Crippen LogP contribution in [0.15, 0.2) is 24.3 Å². The summed E-state index contributed by atoms with van der Waals surface area (Å²) in [4.78, 5) is 12.5. The van der Waals surface area contributed by atoms with Gasteiger partial charge in [-0.3, -0.25) is 4.79 Å². The lowest BCUT2D eigenvalue weighted by Gasteiger charge is -2.27. The Morgan fingerprint density at radius 1 is 0.500 bits per heavy atom. The summed E-state index contributed by atoms with van der Waals surface area (Å²) in [5.41, 5.74) is 0. The van der Waals surface area contributed by atoms with Crippen LogP contribution in [0.1, 0.15) is 206 Å². The number of nitrogens with one attached hydrogen (secondary N) is 1. The Hall–Kier alpha value is -1.21. The third kappa shape index (κ3) is 30.8. The second kappa shape index (κ2) is 37.1. The summed E-state index contributed by atoms with van der Waals surface area (Å²) in [6.45, 7) is 4.02. The molecular formula is C42H81NO5. The molecule has 0 aliphatic rings. The van der Waals surface area contributed by atoms with Gasteiger partial charge in [-0.1, -0.05) is 167 Å². The molecule has 0 aromatic rings. The van der Waals surface area contributed by atoms with Crippen molar-refractivity contribution in [3.05, 3.63) is 24.3 Å². The molecule has 0 saturated heterocycles. The highest BCUT2D eigenvalue weighted by Crippen LogP contribution is 2.14. The predicted octanol–water partition coefficient (Wildman–Crippen LogP) is 10.4. The SMILES string of the molecule is CCCCCCCCCCC/C=C\CCCCCCC(O)C(=O)NC(CO)C(O)C(O)CCC/C=C/CCCCCCCCCCCC. The van der Waals surface area contributed by atoms with Gasteiger partial charge in [0, 0.05) is 0 Å². The van der Waals surface area contributed by atoms with Crippen molar-refractivity contribution in [1.82, 2.24) is 5.32 Å². The van der Waals surface area contributed by atoms with Gasteiger partial charge in [-0.05, 0) is 64.2 Å². The average Bonchev–Trinajstić information content (AvgIpc) is 3.09. The van der Waals surface area contributed by atoms with Gasteiger partial charge in [-0.2, -0.15) is 0 Å². The lowest BCUT2D eigenvalue weighted by atomic mass is 10.00. The summed E-state index contributed by atoms with van der Waals surface area (Å²) in [5, 5.41) is 43.5. The van der Waals surface area contributed by atoms with E-state index in [0.29, 0.717) is 12.8 Å². The van der Waals surface area contributed by atoms with Gasteiger partial charge in [0.05, 0.1) is 18.8 Å². The Bertz CT molecular complexity index is 727. The quantitative estimate of drug-likeness (QED) is 0.0332. The summed E-state index contributed by atoms with van der Waals surface area (Å²) < 4.78 is 0. The monoisotopic (exact) mass is 680 g/mol. The third-order valence-electron chi connectivity index (χ3n) is 9.63. The lowest BCUT2D eigenvalue weighted by Crippen LogP contribution is -2.53. The molecule has 284 valence electrons. The first-order chi connectivity index (χ1) is 23.5. The van der Waals surface area contributed by atoms with Crippen molar-refractivity contribution in [3.8, 4) is 0 Å². The number of rotatable bonds is 37. The van der Waals surface area contributed by atoms with Crippen molar-refractivity contribution < 1.29 is 25.2 Å². The Labute approximate surface area is 297 Å². The number of allylic oxidation sites excluding steroid dienone is 4. The van der Waals surface area contributed by atoms with E-state index in [9.17, 15) is 25.2 Å². The summed E-state index contributed by atoms with van der Waals surface area (Å²) in [5.74, 6) is -0.602. The van der Waals surface area contributed by atoms with Crippen LogP contribution >= 0.6 is 0 Å². The first-order valence-electron chi connectivity index (χ1n) is 20.7. The van der Waals surface area contributed by atoms with E-state index in [1.165, 1.54) is 128 Å². The molecule has 0 bridgehead atoms. The molecule has 0 heterocycles. The van der Waals surface area contributed by atoms with Gasteiger partial charge >= 0.3 is 0 Å². The zero-order valence-corrected chi connectivity index (χ0v) is 31.7. The summed E-state index contributed by atoms with van der Waals surface area (Å²) in [7, 11) is 0. The standard InChI is InChI=1S/C42H81NO5/c1-3-5-7-9-11-13-15-17-19-20-22-24-26-28-30-32-34-36-40(46)42(48)43-38(37-44)41(47)39(45)35-33-31-29-27-25-23-21-18-16-14-12-10-8-6-4-2/h22,24,27,29,38-41,44-47H,3-21,23,25-26,28,30-37H2,1-2H3,(H,43,48)/b24-22-,29-27+. The molecule has 6 heteroatoms. The number of hydrogen-bond acceptors (Lipinski definition) is 5. The topological polar surface area (TPSA) is 110 Å². The van der Waals surface area contributed by atoms with Crippen LogP contribution in [0.3, 0.4) is 0 Å². The largest absolute Gasteiger partial charge is 0.394 e. The van der Waals surface area contributed by atoms with E-state index in [1.807, 2.05) is 0 Å². The second-order valence-electron chi connectivity index (χ2n) is 14.3. The number of carbonyl (C=O) groups excluding carboxylic acids is 1. The maximum absolute atomic E-state index is 12.5. The van der Waals surface area contributed by atoms with Gasteiger partial charge in [0.25, 0.3) is 0 Å². The molecule has 6 nitrogen and oxygen atoms in total. The number of hydrogen-bond donors (Lipinski definition) is 5. The number of aliphatic hydroxyl groups is 4. The maximum Gasteiger partial charge on any atom is 0.249 e. The minimum Gasteiger partial charge on any atom is -0.394 e. The van der Waals surface area contributed by atoms with Gasteiger partial charge in [0.2, 0.25) is 5.91 Å². The molecule has 0 spiro atoms. The molecule has 0 radical (unpaired) electrons. The average molecular weight is 680 g/mol. The van der Waals surface area contributed by atoms with Gasteiger partial charge in [0.15, 0.2) is 0 Å².